The Kier molecular flexibility index (Phi) is 4.03. The molecule has 1 aliphatic carbocycles. The molecule has 1 aromatic carbocycles. The zero-order valence-corrected chi connectivity index (χ0v) is 11.5. The van der Waals surface area contributed by atoms with Crippen LogP contribution in [-0.4, -0.2) is 16.9 Å². The molecule has 0 unspecified atom stereocenters. The number of carbonyl (C=O) groups excluding carboxylic acids is 1. The van der Waals surface area contributed by atoms with Crippen molar-refractivity contribution in [3.63, 3.8) is 0 Å². The number of Topliss-reactive ketones (excluding diaryl/α,β-unsaturated/α-hetero) is 1. The number of aryl methyl sites for hydroxylation is 2. The number of aliphatic carboxylic acids is 1. The highest BCUT2D eigenvalue weighted by atomic mass is 16.4. The first-order valence-electron chi connectivity index (χ1n) is 6.84. The number of carboxylic acids is 1. The first-order valence-corrected chi connectivity index (χ1v) is 6.84. The van der Waals surface area contributed by atoms with E-state index in [0.717, 1.165) is 24.0 Å². The summed E-state index contributed by atoms with van der Waals surface area (Å²) >= 11 is 0. The topological polar surface area (TPSA) is 54.4 Å². The lowest BCUT2D eigenvalue weighted by atomic mass is 9.75. The average Bonchev–Trinajstić information content (AvgIpc) is 2.36. The summed E-state index contributed by atoms with van der Waals surface area (Å²) in [6.45, 7) is 3.92. The molecule has 0 saturated heterocycles. The van der Waals surface area contributed by atoms with E-state index in [1.807, 2.05) is 32.0 Å². The van der Waals surface area contributed by atoms with E-state index in [4.69, 9.17) is 0 Å². The average molecular weight is 260 g/mol. The van der Waals surface area contributed by atoms with Gasteiger partial charge in [0.05, 0.1) is 5.92 Å². The number of benzene rings is 1. The van der Waals surface area contributed by atoms with Gasteiger partial charge in [-0.25, -0.2) is 0 Å². The van der Waals surface area contributed by atoms with Crippen molar-refractivity contribution in [2.45, 2.75) is 39.5 Å². The number of carbonyl (C=O) groups is 2. The highest BCUT2D eigenvalue weighted by Crippen LogP contribution is 2.33. The zero-order valence-electron chi connectivity index (χ0n) is 11.5. The molecular formula is C16H20O3. The summed E-state index contributed by atoms with van der Waals surface area (Å²) in [5, 5.41) is 9.26. The van der Waals surface area contributed by atoms with E-state index in [-0.39, 0.29) is 11.7 Å². The summed E-state index contributed by atoms with van der Waals surface area (Å²) < 4.78 is 0. The van der Waals surface area contributed by atoms with Crippen molar-refractivity contribution in [1.29, 1.82) is 0 Å². The fourth-order valence-electron chi connectivity index (χ4n) is 3.07. The second kappa shape index (κ2) is 5.55. The molecular weight excluding hydrogens is 240 g/mol. The molecule has 0 radical (unpaired) electrons. The van der Waals surface area contributed by atoms with Crippen molar-refractivity contribution in [3.8, 4) is 0 Å². The molecule has 1 aliphatic rings. The summed E-state index contributed by atoms with van der Waals surface area (Å²) in [4.78, 5) is 23.8. The summed E-state index contributed by atoms with van der Waals surface area (Å²) in [5.74, 6) is -1.70. The van der Waals surface area contributed by atoms with Crippen LogP contribution in [0.2, 0.25) is 0 Å². The van der Waals surface area contributed by atoms with Crippen molar-refractivity contribution in [1.82, 2.24) is 0 Å². The molecule has 0 aromatic heterocycles. The van der Waals surface area contributed by atoms with Crippen LogP contribution in [0.4, 0.5) is 0 Å². The molecule has 3 nitrogen and oxygen atoms in total. The molecule has 2 atom stereocenters. The SMILES string of the molecule is Cc1cc(C)cc(C(=O)[C@@H]2CCCC[C@@H]2C(=O)O)c1. The molecule has 0 bridgehead atoms. The quantitative estimate of drug-likeness (QED) is 0.848. The lowest BCUT2D eigenvalue weighted by molar-refractivity contribution is -0.144. The summed E-state index contributed by atoms with van der Waals surface area (Å²) in [6.07, 6.45) is 3.18. The molecule has 1 N–H and O–H groups in total. The van der Waals surface area contributed by atoms with Crippen molar-refractivity contribution in [2.75, 3.05) is 0 Å². The van der Waals surface area contributed by atoms with Crippen molar-refractivity contribution in [2.24, 2.45) is 11.8 Å². The van der Waals surface area contributed by atoms with Crippen LogP contribution in [0.5, 0.6) is 0 Å². The van der Waals surface area contributed by atoms with Crippen LogP contribution >= 0.6 is 0 Å². The predicted octanol–water partition coefficient (Wildman–Crippen LogP) is 3.38. The van der Waals surface area contributed by atoms with Crippen LogP contribution in [0.25, 0.3) is 0 Å². The number of hydrogen-bond donors (Lipinski definition) is 1. The highest BCUT2D eigenvalue weighted by molar-refractivity contribution is 6.00. The van der Waals surface area contributed by atoms with Gasteiger partial charge in [-0.05, 0) is 38.8 Å². The van der Waals surface area contributed by atoms with E-state index in [9.17, 15) is 14.7 Å². The molecule has 3 heteroatoms. The van der Waals surface area contributed by atoms with Gasteiger partial charge < -0.3 is 5.11 Å². The molecule has 19 heavy (non-hydrogen) atoms. The lowest BCUT2D eigenvalue weighted by Crippen LogP contribution is -2.32. The molecule has 0 aliphatic heterocycles. The highest BCUT2D eigenvalue weighted by Gasteiger charge is 2.35. The van der Waals surface area contributed by atoms with Crippen molar-refractivity contribution < 1.29 is 14.7 Å². The minimum absolute atomic E-state index is 0.00102. The van der Waals surface area contributed by atoms with Gasteiger partial charge in [0.25, 0.3) is 0 Å². The zero-order chi connectivity index (χ0) is 14.0. The van der Waals surface area contributed by atoms with E-state index >= 15 is 0 Å². The Morgan fingerprint density at radius 1 is 1.00 bits per heavy atom. The number of rotatable bonds is 3. The molecule has 0 amide bonds. The van der Waals surface area contributed by atoms with Crippen molar-refractivity contribution in [3.05, 3.63) is 34.9 Å². The van der Waals surface area contributed by atoms with E-state index in [0.29, 0.717) is 18.4 Å². The Labute approximate surface area is 113 Å². The maximum absolute atomic E-state index is 12.6. The third-order valence-electron chi connectivity index (χ3n) is 3.93. The molecule has 1 saturated carbocycles. The van der Waals surface area contributed by atoms with E-state index in [1.165, 1.54) is 0 Å². The van der Waals surface area contributed by atoms with Crippen LogP contribution < -0.4 is 0 Å². The first-order chi connectivity index (χ1) is 8.99. The van der Waals surface area contributed by atoms with Gasteiger partial charge in [-0.3, -0.25) is 9.59 Å². The Bertz CT molecular complexity index is 484. The molecule has 0 heterocycles. The van der Waals surface area contributed by atoms with Gasteiger partial charge in [0, 0.05) is 11.5 Å². The Balaban J connectivity index is 2.28. The van der Waals surface area contributed by atoms with Crippen LogP contribution in [0.1, 0.15) is 47.2 Å². The lowest BCUT2D eigenvalue weighted by Gasteiger charge is -2.27. The van der Waals surface area contributed by atoms with Gasteiger partial charge in [-0.1, -0.05) is 30.0 Å². The monoisotopic (exact) mass is 260 g/mol. The van der Waals surface area contributed by atoms with Gasteiger partial charge in [-0.2, -0.15) is 0 Å². The van der Waals surface area contributed by atoms with E-state index in [1.54, 1.807) is 0 Å². The van der Waals surface area contributed by atoms with E-state index < -0.39 is 11.9 Å². The second-order valence-electron chi connectivity index (χ2n) is 5.58. The van der Waals surface area contributed by atoms with Crippen LogP contribution in [0.15, 0.2) is 18.2 Å². The minimum Gasteiger partial charge on any atom is -0.481 e. The summed E-state index contributed by atoms with van der Waals surface area (Å²) in [6, 6.07) is 5.75. The summed E-state index contributed by atoms with van der Waals surface area (Å²) in [5.41, 5.74) is 2.76. The normalized spacial score (nSPS) is 23.1. The van der Waals surface area contributed by atoms with Crippen LogP contribution in [-0.2, 0) is 4.79 Å². The molecule has 102 valence electrons. The van der Waals surface area contributed by atoms with Gasteiger partial charge in [0.15, 0.2) is 5.78 Å². The number of carboxylic acid groups (broad SMARTS) is 1. The first kappa shape index (κ1) is 13.8. The van der Waals surface area contributed by atoms with Crippen molar-refractivity contribution >= 4 is 11.8 Å². The minimum atomic E-state index is -0.831. The Hall–Kier alpha value is -1.64. The van der Waals surface area contributed by atoms with Crippen LogP contribution in [0.3, 0.4) is 0 Å². The van der Waals surface area contributed by atoms with Gasteiger partial charge in [0.2, 0.25) is 0 Å². The molecule has 1 aromatic rings. The van der Waals surface area contributed by atoms with Gasteiger partial charge in [-0.15, -0.1) is 0 Å². The fraction of sp³-hybridized carbons (Fsp3) is 0.500. The second-order valence-corrected chi connectivity index (χ2v) is 5.58. The Morgan fingerprint density at radius 2 is 1.53 bits per heavy atom. The molecule has 2 rings (SSSR count). The molecule has 0 spiro atoms. The maximum atomic E-state index is 12.6. The third kappa shape index (κ3) is 3.03. The summed E-state index contributed by atoms with van der Waals surface area (Å²) in [7, 11) is 0. The Morgan fingerprint density at radius 3 is 2.05 bits per heavy atom. The smallest absolute Gasteiger partial charge is 0.307 e. The van der Waals surface area contributed by atoms with Crippen LogP contribution in [0, 0.1) is 25.7 Å². The maximum Gasteiger partial charge on any atom is 0.307 e. The predicted molar refractivity (Wildman–Crippen MR) is 73.3 cm³/mol. The number of ketones is 1. The van der Waals surface area contributed by atoms with Gasteiger partial charge >= 0.3 is 5.97 Å². The standard InChI is InChI=1S/C16H20O3/c1-10-7-11(2)9-12(8-10)15(17)13-5-3-4-6-14(13)16(18)19/h7-9,13-14H,3-6H2,1-2H3,(H,18,19)/t13-,14+/m1/s1. The van der Waals surface area contributed by atoms with E-state index in [2.05, 4.69) is 0 Å². The molecule has 1 fully saturated rings. The number of hydrogen-bond acceptors (Lipinski definition) is 2. The largest absolute Gasteiger partial charge is 0.481 e. The fourth-order valence-corrected chi connectivity index (χ4v) is 3.07. The van der Waals surface area contributed by atoms with Gasteiger partial charge in [0.1, 0.15) is 0 Å². The third-order valence-corrected chi connectivity index (χ3v) is 3.93.